The number of rotatable bonds is 1. The molecule has 3 aromatic rings. The average Bonchev–Trinajstić information content (AvgIpc) is 2.66. The number of halogens is 1. The Bertz CT molecular complexity index is 708. The van der Waals surface area contributed by atoms with Gasteiger partial charge in [-0.25, -0.2) is 0 Å². The van der Waals surface area contributed by atoms with Crippen LogP contribution in [0, 0.1) is 0 Å². The Hall–Kier alpha value is -1.49. The molecule has 2 aromatic carbocycles. The van der Waals surface area contributed by atoms with Crippen molar-refractivity contribution >= 4 is 46.0 Å². The van der Waals surface area contributed by atoms with Gasteiger partial charge in [0.2, 0.25) is 0 Å². The molecule has 1 heterocycles. The van der Waals surface area contributed by atoms with E-state index in [9.17, 15) is 10.0 Å². The number of hydrogen-bond donors (Lipinski definition) is 3. The van der Waals surface area contributed by atoms with Crippen LogP contribution in [0.15, 0.2) is 36.4 Å². The average molecular weight is 245 g/mol. The third-order valence-corrected chi connectivity index (χ3v) is 3.26. The summed E-state index contributed by atoms with van der Waals surface area (Å²) in [5, 5.41) is 21.1. The fourth-order valence-electron chi connectivity index (χ4n) is 2.17. The highest BCUT2D eigenvalue weighted by atomic mass is 35.5. The molecule has 0 aliphatic heterocycles. The molecule has 0 saturated heterocycles. The lowest BCUT2D eigenvalue weighted by molar-refractivity contribution is 0.426. The fraction of sp³-hybridized carbons (Fsp3) is 0. The number of aromatic nitrogens is 1. The van der Waals surface area contributed by atoms with Crippen LogP contribution in [0.1, 0.15) is 0 Å². The lowest BCUT2D eigenvalue weighted by Gasteiger charge is -2.04. The van der Waals surface area contributed by atoms with Crippen LogP contribution in [0.3, 0.4) is 0 Å². The molecule has 1 aromatic heterocycles. The van der Waals surface area contributed by atoms with E-state index in [-0.39, 0.29) is 0 Å². The molecule has 5 heteroatoms. The fourth-order valence-corrected chi connectivity index (χ4v) is 2.42. The van der Waals surface area contributed by atoms with Gasteiger partial charge in [0.1, 0.15) is 0 Å². The first kappa shape index (κ1) is 10.7. The van der Waals surface area contributed by atoms with Crippen LogP contribution >= 0.6 is 11.6 Å². The number of aromatic amines is 1. The molecule has 3 N–H and O–H groups in total. The van der Waals surface area contributed by atoms with Crippen molar-refractivity contribution in [2.24, 2.45) is 0 Å². The number of fused-ring (bicyclic) bond motifs is 3. The predicted molar refractivity (Wildman–Crippen MR) is 70.6 cm³/mol. The van der Waals surface area contributed by atoms with Crippen molar-refractivity contribution in [1.29, 1.82) is 0 Å². The SMILES string of the molecule is OB(O)c1c(Cl)ccc2c1[nH]c1ccccc12. The highest BCUT2D eigenvalue weighted by Gasteiger charge is 2.20. The van der Waals surface area contributed by atoms with Crippen LogP contribution in [0.4, 0.5) is 0 Å². The molecule has 0 aliphatic rings. The molecule has 3 rings (SSSR count). The third kappa shape index (κ3) is 1.53. The van der Waals surface area contributed by atoms with Gasteiger partial charge in [-0.15, -0.1) is 0 Å². The van der Waals surface area contributed by atoms with Gasteiger partial charge in [0.05, 0.1) is 0 Å². The van der Waals surface area contributed by atoms with Crippen molar-refractivity contribution in [3.05, 3.63) is 41.4 Å². The standard InChI is InChI=1S/C12H9BClNO2/c14-9-6-5-8-7-3-1-2-4-10(7)15-12(8)11(9)13(16)17/h1-6,15-17H. The normalized spacial score (nSPS) is 11.2. The predicted octanol–water partition coefficient (Wildman–Crippen LogP) is 1.65. The first-order valence-electron chi connectivity index (χ1n) is 5.23. The van der Waals surface area contributed by atoms with Crippen LogP contribution in [-0.4, -0.2) is 22.2 Å². The van der Waals surface area contributed by atoms with Crippen molar-refractivity contribution < 1.29 is 10.0 Å². The molecule has 17 heavy (non-hydrogen) atoms. The van der Waals surface area contributed by atoms with Gasteiger partial charge in [-0.05, 0) is 12.1 Å². The van der Waals surface area contributed by atoms with Crippen LogP contribution in [-0.2, 0) is 0 Å². The van der Waals surface area contributed by atoms with E-state index in [4.69, 9.17) is 11.6 Å². The van der Waals surface area contributed by atoms with E-state index >= 15 is 0 Å². The van der Waals surface area contributed by atoms with Crippen LogP contribution in [0.25, 0.3) is 21.8 Å². The van der Waals surface area contributed by atoms with E-state index in [1.54, 1.807) is 6.07 Å². The van der Waals surface area contributed by atoms with Gasteiger partial charge in [-0.3, -0.25) is 0 Å². The van der Waals surface area contributed by atoms with E-state index in [1.807, 2.05) is 30.3 Å². The maximum absolute atomic E-state index is 9.38. The van der Waals surface area contributed by atoms with E-state index in [2.05, 4.69) is 4.98 Å². The Morgan fingerprint density at radius 2 is 1.76 bits per heavy atom. The second-order valence-electron chi connectivity index (χ2n) is 3.93. The van der Waals surface area contributed by atoms with Gasteiger partial charge in [0.15, 0.2) is 0 Å². The second-order valence-corrected chi connectivity index (χ2v) is 4.34. The lowest BCUT2D eigenvalue weighted by atomic mass is 9.79. The minimum atomic E-state index is -1.58. The third-order valence-electron chi connectivity index (χ3n) is 2.93. The zero-order chi connectivity index (χ0) is 12.0. The van der Waals surface area contributed by atoms with Crippen LogP contribution in [0.5, 0.6) is 0 Å². The molecular weight excluding hydrogens is 236 g/mol. The molecule has 0 amide bonds. The lowest BCUT2D eigenvalue weighted by Crippen LogP contribution is -2.31. The van der Waals surface area contributed by atoms with Crippen LogP contribution in [0.2, 0.25) is 5.02 Å². The van der Waals surface area contributed by atoms with Crippen LogP contribution < -0.4 is 5.46 Å². The van der Waals surface area contributed by atoms with Gasteiger partial charge in [-0.2, -0.15) is 0 Å². The van der Waals surface area contributed by atoms with Crippen molar-refractivity contribution in [2.75, 3.05) is 0 Å². The Morgan fingerprint density at radius 1 is 1.00 bits per heavy atom. The maximum Gasteiger partial charge on any atom is 0.492 e. The van der Waals surface area contributed by atoms with E-state index < -0.39 is 7.12 Å². The highest BCUT2D eigenvalue weighted by Crippen LogP contribution is 2.26. The van der Waals surface area contributed by atoms with Gasteiger partial charge >= 0.3 is 7.12 Å². The summed E-state index contributed by atoms with van der Waals surface area (Å²) in [6.07, 6.45) is 0. The first-order valence-corrected chi connectivity index (χ1v) is 5.61. The number of nitrogens with one attached hydrogen (secondary N) is 1. The van der Waals surface area contributed by atoms with E-state index in [0.29, 0.717) is 16.0 Å². The zero-order valence-corrected chi connectivity index (χ0v) is 9.57. The molecule has 0 saturated carbocycles. The van der Waals surface area contributed by atoms with Crippen molar-refractivity contribution in [2.45, 2.75) is 0 Å². The number of hydrogen-bond acceptors (Lipinski definition) is 2. The summed E-state index contributed by atoms with van der Waals surface area (Å²) in [5.74, 6) is 0. The summed E-state index contributed by atoms with van der Waals surface area (Å²) < 4.78 is 0. The van der Waals surface area contributed by atoms with Gasteiger partial charge in [0, 0.05) is 32.3 Å². The minimum Gasteiger partial charge on any atom is -0.423 e. The van der Waals surface area contributed by atoms with E-state index in [0.717, 1.165) is 16.3 Å². The quantitative estimate of drug-likeness (QED) is 0.571. The molecule has 84 valence electrons. The van der Waals surface area contributed by atoms with Crippen molar-refractivity contribution in [3.63, 3.8) is 0 Å². The summed E-state index contributed by atoms with van der Waals surface area (Å²) >= 11 is 5.99. The molecule has 0 radical (unpaired) electrons. The molecule has 3 nitrogen and oxygen atoms in total. The van der Waals surface area contributed by atoms with E-state index in [1.165, 1.54) is 0 Å². The monoisotopic (exact) mass is 245 g/mol. The van der Waals surface area contributed by atoms with Gasteiger partial charge < -0.3 is 15.0 Å². The Kier molecular flexibility index (Phi) is 2.36. The summed E-state index contributed by atoms with van der Waals surface area (Å²) in [6, 6.07) is 11.3. The second kappa shape index (κ2) is 3.77. The molecular formula is C12H9BClNO2. The molecule has 0 spiro atoms. The summed E-state index contributed by atoms with van der Waals surface area (Å²) in [5.41, 5.74) is 1.95. The summed E-state index contributed by atoms with van der Waals surface area (Å²) in [7, 11) is -1.58. The maximum atomic E-state index is 9.38. The Balaban J connectivity index is 2.51. The zero-order valence-electron chi connectivity index (χ0n) is 8.81. The largest absolute Gasteiger partial charge is 0.492 e. The topological polar surface area (TPSA) is 56.2 Å². The summed E-state index contributed by atoms with van der Waals surface area (Å²) in [4.78, 5) is 3.16. The van der Waals surface area contributed by atoms with Crippen molar-refractivity contribution in [3.8, 4) is 0 Å². The molecule has 0 aliphatic carbocycles. The smallest absolute Gasteiger partial charge is 0.423 e. The molecule has 0 bridgehead atoms. The minimum absolute atomic E-state index is 0.320. The Morgan fingerprint density at radius 3 is 2.53 bits per heavy atom. The molecule has 0 unspecified atom stereocenters. The first-order chi connectivity index (χ1) is 8.18. The number of benzene rings is 2. The highest BCUT2D eigenvalue weighted by molar-refractivity contribution is 6.66. The van der Waals surface area contributed by atoms with Gasteiger partial charge in [0.25, 0.3) is 0 Å². The number of para-hydroxylation sites is 1. The van der Waals surface area contributed by atoms with Crippen molar-refractivity contribution in [1.82, 2.24) is 4.98 Å². The van der Waals surface area contributed by atoms with Gasteiger partial charge in [-0.1, -0.05) is 35.9 Å². The molecule has 0 fully saturated rings. The number of H-pyrrole nitrogens is 1. The molecule has 0 atom stereocenters. The Labute approximate surface area is 103 Å². The summed E-state index contributed by atoms with van der Waals surface area (Å²) in [6.45, 7) is 0.